The lowest BCUT2D eigenvalue weighted by atomic mass is 10.1. The van der Waals surface area contributed by atoms with Crippen molar-refractivity contribution < 1.29 is 9.53 Å². The fraction of sp³-hybridized carbons (Fsp3) is 0.409. The summed E-state index contributed by atoms with van der Waals surface area (Å²) in [6.07, 6.45) is 2.94. The fourth-order valence-corrected chi connectivity index (χ4v) is 4.19. The van der Waals surface area contributed by atoms with E-state index in [0.29, 0.717) is 6.54 Å². The predicted molar refractivity (Wildman–Crippen MR) is 110 cm³/mol. The highest BCUT2D eigenvalue weighted by atomic mass is 16.5. The smallest absolute Gasteiger partial charge is 0.253 e. The highest BCUT2D eigenvalue weighted by Gasteiger charge is 2.30. The van der Waals surface area contributed by atoms with Gasteiger partial charge in [0.05, 0.1) is 25.1 Å². The molecule has 2 aliphatic rings. The van der Waals surface area contributed by atoms with Crippen molar-refractivity contribution in [1.82, 2.24) is 19.5 Å². The number of benzene rings is 1. The average molecular weight is 391 g/mol. The second-order valence-electron chi connectivity index (χ2n) is 7.87. The Bertz CT molecular complexity index is 1040. The van der Waals surface area contributed by atoms with Crippen LogP contribution in [0.15, 0.2) is 42.6 Å². The molecule has 3 aromatic rings. The molecule has 2 aliphatic heterocycles. The fourth-order valence-electron chi connectivity index (χ4n) is 4.19. The van der Waals surface area contributed by atoms with E-state index in [4.69, 9.17) is 14.8 Å². The van der Waals surface area contributed by atoms with Gasteiger partial charge in [0.2, 0.25) is 0 Å². The summed E-state index contributed by atoms with van der Waals surface area (Å²) in [6.45, 7) is 6.72. The van der Waals surface area contributed by atoms with Crippen molar-refractivity contribution in [3.05, 3.63) is 59.5 Å². The summed E-state index contributed by atoms with van der Waals surface area (Å²) in [6, 6.07) is 11.9. The van der Waals surface area contributed by atoms with Gasteiger partial charge >= 0.3 is 0 Å². The molecule has 150 valence electrons. The van der Waals surface area contributed by atoms with Crippen LogP contribution in [0.3, 0.4) is 0 Å². The molecular formula is C22H25N5O2. The van der Waals surface area contributed by atoms with Crippen molar-refractivity contribution in [3.63, 3.8) is 0 Å². The van der Waals surface area contributed by atoms with Crippen LogP contribution in [-0.4, -0.2) is 64.8 Å². The molecule has 4 heterocycles. The van der Waals surface area contributed by atoms with E-state index in [0.717, 1.165) is 67.6 Å². The summed E-state index contributed by atoms with van der Waals surface area (Å²) in [5, 5.41) is 4.74. The quantitative estimate of drug-likeness (QED) is 0.687. The average Bonchev–Trinajstić information content (AvgIpc) is 3.40. The summed E-state index contributed by atoms with van der Waals surface area (Å²) < 4.78 is 7.31. The van der Waals surface area contributed by atoms with E-state index < -0.39 is 0 Å². The maximum Gasteiger partial charge on any atom is 0.253 e. The SMILES string of the molecule is Cc1cccc(C(=O)N2CC[C@@H](c3nc4ccc(N5CCOCC5)cn4n3)C2)c1. The van der Waals surface area contributed by atoms with Crippen molar-refractivity contribution in [3.8, 4) is 0 Å². The molecule has 1 aromatic carbocycles. The van der Waals surface area contributed by atoms with Crippen LogP contribution in [0.25, 0.3) is 5.65 Å². The number of hydrogen-bond acceptors (Lipinski definition) is 5. The second-order valence-corrected chi connectivity index (χ2v) is 7.87. The molecule has 0 unspecified atom stereocenters. The molecule has 2 aromatic heterocycles. The maximum absolute atomic E-state index is 12.8. The molecule has 1 atom stereocenters. The van der Waals surface area contributed by atoms with E-state index in [9.17, 15) is 4.79 Å². The third-order valence-electron chi connectivity index (χ3n) is 5.81. The van der Waals surface area contributed by atoms with E-state index in [1.54, 1.807) is 0 Å². The zero-order valence-electron chi connectivity index (χ0n) is 16.6. The number of aromatic nitrogens is 3. The molecule has 0 bridgehead atoms. The first-order chi connectivity index (χ1) is 14.2. The lowest BCUT2D eigenvalue weighted by Crippen LogP contribution is -2.36. The van der Waals surface area contributed by atoms with Crippen molar-refractivity contribution in [2.75, 3.05) is 44.3 Å². The summed E-state index contributed by atoms with van der Waals surface area (Å²) in [7, 11) is 0. The summed E-state index contributed by atoms with van der Waals surface area (Å²) in [4.78, 5) is 21.8. The van der Waals surface area contributed by atoms with Crippen LogP contribution < -0.4 is 4.90 Å². The third-order valence-corrected chi connectivity index (χ3v) is 5.81. The Balaban J connectivity index is 1.32. The van der Waals surface area contributed by atoms with Crippen LogP contribution in [0.4, 0.5) is 5.69 Å². The van der Waals surface area contributed by atoms with Gasteiger partial charge in [0, 0.05) is 37.7 Å². The van der Waals surface area contributed by atoms with E-state index in [-0.39, 0.29) is 11.8 Å². The lowest BCUT2D eigenvalue weighted by Gasteiger charge is -2.28. The molecule has 29 heavy (non-hydrogen) atoms. The van der Waals surface area contributed by atoms with Gasteiger partial charge in [-0.25, -0.2) is 9.50 Å². The zero-order valence-corrected chi connectivity index (χ0v) is 16.6. The number of ether oxygens (including phenoxy) is 1. The van der Waals surface area contributed by atoms with Crippen LogP contribution in [0.2, 0.25) is 0 Å². The van der Waals surface area contributed by atoms with Gasteiger partial charge in [-0.3, -0.25) is 4.79 Å². The summed E-state index contributed by atoms with van der Waals surface area (Å²) in [5.74, 6) is 1.09. The molecule has 1 amide bonds. The van der Waals surface area contributed by atoms with Gasteiger partial charge in [0.15, 0.2) is 11.5 Å². The van der Waals surface area contributed by atoms with Crippen LogP contribution in [0, 0.1) is 6.92 Å². The normalized spacial score (nSPS) is 19.8. The minimum atomic E-state index is 0.0922. The van der Waals surface area contributed by atoms with Crippen LogP contribution in [0.1, 0.15) is 34.1 Å². The van der Waals surface area contributed by atoms with Crippen molar-refractivity contribution >= 4 is 17.2 Å². The Morgan fingerprint density at radius 2 is 2.00 bits per heavy atom. The van der Waals surface area contributed by atoms with Crippen molar-refractivity contribution in [1.29, 1.82) is 0 Å². The summed E-state index contributed by atoms with van der Waals surface area (Å²) >= 11 is 0. The minimum absolute atomic E-state index is 0.0922. The van der Waals surface area contributed by atoms with E-state index in [1.807, 2.05) is 52.9 Å². The van der Waals surface area contributed by atoms with E-state index >= 15 is 0 Å². The number of nitrogens with zero attached hydrogens (tertiary/aromatic N) is 5. The number of carbonyl (C=O) groups excluding carboxylic acids is 1. The number of hydrogen-bond donors (Lipinski definition) is 0. The molecule has 7 heteroatoms. The second kappa shape index (κ2) is 7.48. The third kappa shape index (κ3) is 3.58. The Labute approximate surface area is 169 Å². The van der Waals surface area contributed by atoms with Crippen molar-refractivity contribution in [2.24, 2.45) is 0 Å². The molecule has 7 nitrogen and oxygen atoms in total. The van der Waals surface area contributed by atoms with Crippen LogP contribution in [0.5, 0.6) is 0 Å². The van der Waals surface area contributed by atoms with Gasteiger partial charge in [-0.05, 0) is 37.6 Å². The number of pyridine rings is 1. The molecule has 5 rings (SSSR count). The Morgan fingerprint density at radius 3 is 2.83 bits per heavy atom. The molecule has 2 saturated heterocycles. The van der Waals surface area contributed by atoms with Crippen LogP contribution in [-0.2, 0) is 4.74 Å². The number of morpholine rings is 1. The van der Waals surface area contributed by atoms with Gasteiger partial charge in [0.1, 0.15) is 0 Å². The molecule has 0 saturated carbocycles. The Kier molecular flexibility index (Phi) is 4.67. The van der Waals surface area contributed by atoms with Crippen LogP contribution >= 0.6 is 0 Å². The number of fused-ring (bicyclic) bond motifs is 1. The first kappa shape index (κ1) is 18.1. The predicted octanol–water partition coefficient (Wildman–Crippen LogP) is 2.50. The van der Waals surface area contributed by atoms with Gasteiger partial charge in [-0.2, -0.15) is 5.10 Å². The van der Waals surface area contributed by atoms with Gasteiger partial charge in [-0.15, -0.1) is 0 Å². The molecule has 2 fully saturated rings. The molecule has 0 radical (unpaired) electrons. The highest BCUT2D eigenvalue weighted by molar-refractivity contribution is 5.94. The number of rotatable bonds is 3. The maximum atomic E-state index is 12.8. The first-order valence-corrected chi connectivity index (χ1v) is 10.2. The monoisotopic (exact) mass is 391 g/mol. The van der Waals surface area contributed by atoms with Gasteiger partial charge in [-0.1, -0.05) is 17.7 Å². The minimum Gasteiger partial charge on any atom is -0.378 e. The number of amides is 1. The molecule has 0 spiro atoms. The standard InChI is InChI=1S/C22H25N5O2/c1-16-3-2-4-17(13-16)22(28)26-8-7-18(14-26)21-23-20-6-5-19(15-27(20)24-21)25-9-11-29-12-10-25/h2-6,13,15,18H,7-12,14H2,1H3/t18-/m1/s1. The zero-order chi connectivity index (χ0) is 19.8. The Morgan fingerprint density at radius 1 is 1.14 bits per heavy atom. The largest absolute Gasteiger partial charge is 0.378 e. The lowest BCUT2D eigenvalue weighted by molar-refractivity contribution is 0.0790. The van der Waals surface area contributed by atoms with Crippen molar-refractivity contribution in [2.45, 2.75) is 19.3 Å². The number of aryl methyl sites for hydroxylation is 1. The first-order valence-electron chi connectivity index (χ1n) is 10.2. The number of carbonyl (C=O) groups is 1. The van der Waals surface area contributed by atoms with Gasteiger partial charge in [0.25, 0.3) is 5.91 Å². The topological polar surface area (TPSA) is 63.0 Å². The van der Waals surface area contributed by atoms with Gasteiger partial charge < -0.3 is 14.5 Å². The molecule has 0 aliphatic carbocycles. The molecule has 0 N–H and O–H groups in total. The number of likely N-dealkylation sites (tertiary alicyclic amines) is 1. The highest BCUT2D eigenvalue weighted by Crippen LogP contribution is 2.27. The Hall–Kier alpha value is -2.93. The molecular weight excluding hydrogens is 366 g/mol. The van der Waals surface area contributed by atoms with E-state index in [2.05, 4.69) is 11.0 Å². The van der Waals surface area contributed by atoms with E-state index in [1.165, 1.54) is 0 Å². The number of anilines is 1. The summed E-state index contributed by atoms with van der Waals surface area (Å²) in [5.41, 5.74) is 3.84.